The molecule has 3 aromatic rings. The fourth-order valence-electron chi connectivity index (χ4n) is 3.48. The van der Waals surface area contributed by atoms with E-state index in [1.165, 1.54) is 4.90 Å². The molecule has 166 valence electrons. The van der Waals surface area contributed by atoms with Gasteiger partial charge in [-0.2, -0.15) is 0 Å². The zero-order chi connectivity index (χ0) is 22.9. The molecular formula is C27H30N2O3. The van der Waals surface area contributed by atoms with Crippen LogP contribution in [0, 0.1) is 0 Å². The standard InChI is InChI=1S/C27H30N2O3/c1-20(2)22-13-8-10-16-25(22)32-19-26(30)29(3)24-15-9-7-14-23(24)27(31)28-18-17-21-11-5-4-6-12-21/h4-16,20H,17-19H2,1-3H3,(H,28,31). The first-order valence-electron chi connectivity index (χ1n) is 10.9. The molecule has 1 N–H and O–H groups in total. The fraction of sp³-hybridized carbons (Fsp3) is 0.259. The molecule has 0 aliphatic rings. The third-order valence-corrected chi connectivity index (χ3v) is 5.32. The lowest BCUT2D eigenvalue weighted by Gasteiger charge is -2.21. The van der Waals surface area contributed by atoms with Crippen LogP contribution in [0.25, 0.3) is 0 Å². The van der Waals surface area contributed by atoms with Gasteiger partial charge in [0.25, 0.3) is 11.8 Å². The smallest absolute Gasteiger partial charge is 0.264 e. The van der Waals surface area contributed by atoms with Gasteiger partial charge in [-0.15, -0.1) is 0 Å². The van der Waals surface area contributed by atoms with Gasteiger partial charge in [-0.25, -0.2) is 0 Å². The Morgan fingerprint density at radius 1 is 0.906 bits per heavy atom. The average Bonchev–Trinajstić information content (AvgIpc) is 2.82. The summed E-state index contributed by atoms with van der Waals surface area (Å²) < 4.78 is 5.83. The Morgan fingerprint density at radius 3 is 2.31 bits per heavy atom. The molecule has 0 atom stereocenters. The molecule has 0 saturated heterocycles. The number of benzene rings is 3. The van der Waals surface area contributed by atoms with Crippen LogP contribution in [0.5, 0.6) is 5.75 Å². The molecule has 5 nitrogen and oxygen atoms in total. The molecule has 0 bridgehead atoms. The van der Waals surface area contributed by atoms with Crippen molar-refractivity contribution >= 4 is 17.5 Å². The molecule has 0 aliphatic carbocycles. The van der Waals surface area contributed by atoms with Crippen molar-refractivity contribution in [2.24, 2.45) is 0 Å². The normalized spacial score (nSPS) is 10.6. The van der Waals surface area contributed by atoms with Crippen LogP contribution < -0.4 is 15.0 Å². The Morgan fingerprint density at radius 2 is 1.56 bits per heavy atom. The minimum Gasteiger partial charge on any atom is -0.483 e. The van der Waals surface area contributed by atoms with E-state index in [0.29, 0.717) is 29.5 Å². The summed E-state index contributed by atoms with van der Waals surface area (Å²) in [7, 11) is 1.66. The number of nitrogens with one attached hydrogen (secondary N) is 1. The second-order valence-corrected chi connectivity index (χ2v) is 7.94. The highest BCUT2D eigenvalue weighted by Gasteiger charge is 2.19. The van der Waals surface area contributed by atoms with E-state index >= 15 is 0 Å². The molecule has 0 aliphatic heterocycles. The van der Waals surface area contributed by atoms with E-state index in [-0.39, 0.29) is 18.4 Å². The number of para-hydroxylation sites is 2. The number of carbonyl (C=O) groups excluding carboxylic acids is 2. The summed E-state index contributed by atoms with van der Waals surface area (Å²) in [6.45, 7) is 4.58. The number of hydrogen-bond acceptors (Lipinski definition) is 3. The fourth-order valence-corrected chi connectivity index (χ4v) is 3.48. The lowest BCUT2D eigenvalue weighted by atomic mass is 10.0. The number of rotatable bonds is 9. The molecule has 2 amide bonds. The third kappa shape index (κ3) is 5.97. The van der Waals surface area contributed by atoms with Crippen LogP contribution in [0.2, 0.25) is 0 Å². The van der Waals surface area contributed by atoms with Crippen molar-refractivity contribution in [3.63, 3.8) is 0 Å². The summed E-state index contributed by atoms with van der Waals surface area (Å²) in [5.74, 6) is 0.561. The summed E-state index contributed by atoms with van der Waals surface area (Å²) >= 11 is 0. The van der Waals surface area contributed by atoms with Gasteiger partial charge in [0.15, 0.2) is 6.61 Å². The minimum absolute atomic E-state index is 0.107. The van der Waals surface area contributed by atoms with E-state index in [4.69, 9.17) is 4.74 Å². The summed E-state index contributed by atoms with van der Waals surface area (Å²) in [4.78, 5) is 27.1. The number of amides is 2. The van der Waals surface area contributed by atoms with Crippen molar-refractivity contribution in [1.29, 1.82) is 0 Å². The Bertz CT molecular complexity index is 1050. The molecule has 0 spiro atoms. The number of ether oxygens (including phenoxy) is 1. The summed E-state index contributed by atoms with van der Waals surface area (Å²) in [5.41, 5.74) is 3.22. The molecule has 0 saturated carbocycles. The van der Waals surface area contributed by atoms with Gasteiger partial charge < -0.3 is 15.0 Å². The van der Waals surface area contributed by atoms with Crippen LogP contribution in [-0.2, 0) is 11.2 Å². The Labute approximate surface area is 190 Å². The molecule has 0 radical (unpaired) electrons. The van der Waals surface area contributed by atoms with E-state index in [9.17, 15) is 9.59 Å². The predicted molar refractivity (Wildman–Crippen MR) is 128 cm³/mol. The van der Waals surface area contributed by atoms with Gasteiger partial charge in [-0.05, 0) is 41.7 Å². The van der Waals surface area contributed by atoms with Crippen molar-refractivity contribution in [2.45, 2.75) is 26.2 Å². The van der Waals surface area contributed by atoms with Crippen LogP contribution in [0.4, 0.5) is 5.69 Å². The van der Waals surface area contributed by atoms with E-state index in [2.05, 4.69) is 19.2 Å². The SMILES string of the molecule is CC(C)c1ccccc1OCC(=O)N(C)c1ccccc1C(=O)NCCc1ccccc1. The highest BCUT2D eigenvalue weighted by Crippen LogP contribution is 2.26. The van der Waals surface area contributed by atoms with E-state index in [1.54, 1.807) is 25.2 Å². The van der Waals surface area contributed by atoms with Gasteiger partial charge in [0, 0.05) is 13.6 Å². The van der Waals surface area contributed by atoms with Crippen molar-refractivity contribution in [3.8, 4) is 5.75 Å². The maximum atomic E-state index is 12.8. The Hall–Kier alpha value is -3.60. The monoisotopic (exact) mass is 430 g/mol. The average molecular weight is 431 g/mol. The summed E-state index contributed by atoms with van der Waals surface area (Å²) in [5, 5.41) is 2.95. The van der Waals surface area contributed by atoms with Crippen LogP contribution in [0.3, 0.4) is 0 Å². The summed E-state index contributed by atoms with van der Waals surface area (Å²) in [6, 6.07) is 24.8. The number of anilines is 1. The van der Waals surface area contributed by atoms with Crippen LogP contribution in [-0.4, -0.2) is 32.0 Å². The molecule has 3 aromatic carbocycles. The minimum atomic E-state index is -0.229. The van der Waals surface area contributed by atoms with E-state index < -0.39 is 0 Å². The maximum absolute atomic E-state index is 12.8. The first kappa shape index (κ1) is 23.1. The largest absolute Gasteiger partial charge is 0.483 e. The third-order valence-electron chi connectivity index (χ3n) is 5.32. The predicted octanol–water partition coefficient (Wildman–Crippen LogP) is 4.82. The number of nitrogens with zero attached hydrogens (tertiary/aromatic N) is 1. The van der Waals surface area contributed by atoms with Crippen molar-refractivity contribution < 1.29 is 14.3 Å². The van der Waals surface area contributed by atoms with Crippen LogP contribution in [0.15, 0.2) is 78.9 Å². The topological polar surface area (TPSA) is 58.6 Å². The molecule has 0 heterocycles. The van der Waals surface area contributed by atoms with Gasteiger partial charge >= 0.3 is 0 Å². The Balaban J connectivity index is 1.63. The lowest BCUT2D eigenvalue weighted by molar-refractivity contribution is -0.120. The molecular weight excluding hydrogens is 400 g/mol. The van der Waals surface area contributed by atoms with E-state index in [1.807, 2.05) is 60.7 Å². The molecule has 0 aromatic heterocycles. The number of hydrogen-bond donors (Lipinski definition) is 1. The first-order valence-corrected chi connectivity index (χ1v) is 10.9. The molecule has 0 unspecified atom stereocenters. The quantitative estimate of drug-likeness (QED) is 0.529. The lowest BCUT2D eigenvalue weighted by Crippen LogP contribution is -2.34. The van der Waals surface area contributed by atoms with Crippen molar-refractivity contribution in [1.82, 2.24) is 5.32 Å². The first-order chi connectivity index (χ1) is 15.5. The zero-order valence-corrected chi connectivity index (χ0v) is 18.9. The van der Waals surface area contributed by atoms with Gasteiger partial charge in [0.2, 0.25) is 0 Å². The van der Waals surface area contributed by atoms with E-state index in [0.717, 1.165) is 17.5 Å². The van der Waals surface area contributed by atoms with Crippen LogP contribution in [0.1, 0.15) is 41.3 Å². The van der Waals surface area contributed by atoms with Crippen LogP contribution >= 0.6 is 0 Å². The van der Waals surface area contributed by atoms with Gasteiger partial charge in [-0.1, -0.05) is 74.5 Å². The van der Waals surface area contributed by atoms with Gasteiger partial charge in [0.05, 0.1) is 11.3 Å². The summed E-state index contributed by atoms with van der Waals surface area (Å²) in [6.07, 6.45) is 0.743. The molecule has 0 fully saturated rings. The Kier molecular flexibility index (Phi) is 8.03. The van der Waals surface area contributed by atoms with Gasteiger partial charge in [-0.3, -0.25) is 9.59 Å². The van der Waals surface area contributed by atoms with Gasteiger partial charge in [0.1, 0.15) is 5.75 Å². The zero-order valence-electron chi connectivity index (χ0n) is 18.9. The number of likely N-dealkylation sites (N-methyl/N-ethyl adjacent to an activating group) is 1. The van der Waals surface area contributed by atoms with Crippen molar-refractivity contribution in [3.05, 3.63) is 95.6 Å². The maximum Gasteiger partial charge on any atom is 0.264 e. The number of carbonyl (C=O) groups is 2. The van der Waals surface area contributed by atoms with Crippen molar-refractivity contribution in [2.75, 3.05) is 25.1 Å². The molecule has 3 rings (SSSR count). The molecule has 32 heavy (non-hydrogen) atoms. The second-order valence-electron chi connectivity index (χ2n) is 7.94. The highest BCUT2D eigenvalue weighted by molar-refractivity contribution is 6.04. The molecule has 5 heteroatoms. The second kappa shape index (κ2) is 11.1. The highest BCUT2D eigenvalue weighted by atomic mass is 16.5.